The third-order valence-electron chi connectivity index (χ3n) is 4.63. The molecule has 3 N–H and O–H groups in total. The Hall–Kier alpha value is -2.98. The van der Waals surface area contributed by atoms with Crippen LogP contribution in [0.2, 0.25) is 0 Å². The molecule has 0 bridgehead atoms. The molecule has 0 saturated heterocycles. The summed E-state index contributed by atoms with van der Waals surface area (Å²) < 4.78 is 25.0. The lowest BCUT2D eigenvalue weighted by molar-refractivity contribution is 0.598. The number of rotatable bonds is 5. The second kappa shape index (κ2) is 7.21. The summed E-state index contributed by atoms with van der Waals surface area (Å²) in [5, 5.41) is 8.71. The van der Waals surface area contributed by atoms with Gasteiger partial charge >= 0.3 is 5.69 Å². The maximum absolute atomic E-state index is 12.6. The Morgan fingerprint density at radius 2 is 1.75 bits per heavy atom. The summed E-state index contributed by atoms with van der Waals surface area (Å²) in [6, 6.07) is 6.32. The Balaban J connectivity index is 1.90. The highest BCUT2D eigenvalue weighted by atomic mass is 32.2. The van der Waals surface area contributed by atoms with E-state index < -0.39 is 21.3 Å². The Labute approximate surface area is 161 Å². The van der Waals surface area contributed by atoms with E-state index in [-0.39, 0.29) is 4.90 Å². The molecule has 0 atom stereocenters. The maximum Gasteiger partial charge on any atom is 0.332 e. The fraction of sp³-hybridized carbons (Fsp3) is 0.278. The van der Waals surface area contributed by atoms with Gasteiger partial charge < -0.3 is 5.32 Å². The number of benzene rings is 1. The number of primary sulfonamides is 1. The first-order valence-corrected chi connectivity index (χ1v) is 10.1. The molecule has 148 valence electrons. The molecular formula is C18H21N5O4S. The molecule has 2 aromatic heterocycles. The smallest absolute Gasteiger partial charge is 0.332 e. The summed E-state index contributed by atoms with van der Waals surface area (Å²) in [5.74, 6) is 0. The molecule has 1 aromatic carbocycles. The molecule has 9 nitrogen and oxygen atoms in total. The zero-order valence-corrected chi connectivity index (χ0v) is 16.6. The average Bonchev–Trinajstić information content (AvgIpc) is 2.65. The molecule has 0 aliphatic heterocycles. The van der Waals surface area contributed by atoms with Crippen molar-refractivity contribution < 1.29 is 8.42 Å². The van der Waals surface area contributed by atoms with Crippen LogP contribution in [-0.2, 0) is 30.5 Å². The average molecular weight is 403 g/mol. The van der Waals surface area contributed by atoms with Crippen molar-refractivity contribution in [1.29, 1.82) is 0 Å². The van der Waals surface area contributed by atoms with Crippen LogP contribution in [-0.4, -0.2) is 29.1 Å². The molecule has 3 aromatic rings. The Morgan fingerprint density at radius 1 is 1.11 bits per heavy atom. The van der Waals surface area contributed by atoms with E-state index in [1.54, 1.807) is 25.4 Å². The molecule has 0 aliphatic rings. The Kier molecular flexibility index (Phi) is 5.09. The fourth-order valence-electron chi connectivity index (χ4n) is 3.03. The van der Waals surface area contributed by atoms with Gasteiger partial charge in [0.1, 0.15) is 5.39 Å². The van der Waals surface area contributed by atoms with Gasteiger partial charge in [0.05, 0.1) is 10.6 Å². The van der Waals surface area contributed by atoms with E-state index in [0.29, 0.717) is 29.7 Å². The number of nitrogens with zero attached hydrogens (tertiary/aromatic N) is 3. The van der Waals surface area contributed by atoms with Gasteiger partial charge in [-0.05, 0) is 36.6 Å². The zero-order valence-electron chi connectivity index (χ0n) is 15.8. The summed E-state index contributed by atoms with van der Waals surface area (Å²) in [7, 11) is -0.710. The van der Waals surface area contributed by atoms with Crippen molar-refractivity contribution in [2.75, 3.05) is 11.9 Å². The molecule has 2 heterocycles. The van der Waals surface area contributed by atoms with E-state index in [9.17, 15) is 18.0 Å². The predicted octanol–water partition coefficient (Wildman–Crippen LogP) is 0.243. The predicted molar refractivity (Wildman–Crippen MR) is 107 cm³/mol. The number of anilines is 1. The van der Waals surface area contributed by atoms with Crippen molar-refractivity contribution in [1.82, 2.24) is 14.1 Å². The molecule has 0 radical (unpaired) electrons. The van der Waals surface area contributed by atoms with Crippen molar-refractivity contribution in [3.63, 3.8) is 0 Å². The third kappa shape index (κ3) is 3.56. The number of aromatic nitrogens is 3. The number of nitrogens with two attached hydrogens (primary N) is 1. The van der Waals surface area contributed by atoms with Crippen LogP contribution < -0.4 is 21.7 Å². The van der Waals surface area contributed by atoms with Crippen molar-refractivity contribution in [2.24, 2.45) is 19.2 Å². The monoisotopic (exact) mass is 403 g/mol. The lowest BCUT2D eigenvalue weighted by atomic mass is 10.1. The van der Waals surface area contributed by atoms with Crippen LogP contribution >= 0.6 is 0 Å². The number of hydrogen-bond acceptors (Lipinski definition) is 6. The highest BCUT2D eigenvalue weighted by Gasteiger charge is 2.15. The zero-order chi connectivity index (χ0) is 20.6. The standard InChI is InChI=1S/C18H21N5O4S/c1-11-10-21-16-14(17(24)23(3)18(25)22(16)2)15(11)20-9-8-12-4-6-13(7-5-12)28(19,26)27/h4-7,10H,8-9H2,1-3H3,(H,20,21)(H2,19,26,27). The second-order valence-corrected chi connectivity index (χ2v) is 8.15. The van der Waals surface area contributed by atoms with Gasteiger partial charge in [0.15, 0.2) is 5.65 Å². The normalized spacial score (nSPS) is 11.7. The van der Waals surface area contributed by atoms with E-state index in [1.807, 2.05) is 6.92 Å². The van der Waals surface area contributed by atoms with Gasteiger partial charge in [-0.2, -0.15) is 0 Å². The Morgan fingerprint density at radius 3 is 2.36 bits per heavy atom. The third-order valence-corrected chi connectivity index (χ3v) is 5.56. The molecular weight excluding hydrogens is 382 g/mol. The molecule has 0 aliphatic carbocycles. The summed E-state index contributed by atoms with van der Waals surface area (Å²) in [4.78, 5) is 29.1. The van der Waals surface area contributed by atoms with Crippen molar-refractivity contribution in [3.05, 3.63) is 62.4 Å². The molecule has 0 spiro atoms. The Bertz CT molecular complexity index is 1270. The van der Waals surface area contributed by atoms with Gasteiger partial charge in [-0.15, -0.1) is 0 Å². The first-order valence-electron chi connectivity index (χ1n) is 8.52. The molecule has 0 amide bonds. The maximum atomic E-state index is 12.6. The minimum absolute atomic E-state index is 0.0598. The largest absolute Gasteiger partial charge is 0.384 e. The summed E-state index contributed by atoms with van der Waals surface area (Å²) in [5.41, 5.74) is 1.80. The molecule has 0 unspecified atom stereocenters. The lowest BCUT2D eigenvalue weighted by Gasteiger charge is -2.14. The SMILES string of the molecule is Cc1cnc2c(c1NCCc1ccc(S(N)(=O)=O)cc1)c(=O)n(C)c(=O)n2C. The van der Waals surface area contributed by atoms with E-state index in [0.717, 1.165) is 15.7 Å². The van der Waals surface area contributed by atoms with Gasteiger partial charge in [-0.25, -0.2) is 23.3 Å². The highest BCUT2D eigenvalue weighted by molar-refractivity contribution is 7.89. The van der Waals surface area contributed by atoms with Crippen molar-refractivity contribution in [2.45, 2.75) is 18.2 Å². The van der Waals surface area contributed by atoms with E-state index in [2.05, 4.69) is 10.3 Å². The number of nitrogens with one attached hydrogen (secondary N) is 1. The van der Waals surface area contributed by atoms with E-state index in [1.165, 1.54) is 23.7 Å². The highest BCUT2D eigenvalue weighted by Crippen LogP contribution is 2.21. The number of aryl methyl sites for hydroxylation is 2. The van der Waals surface area contributed by atoms with Gasteiger partial charge in [-0.1, -0.05) is 12.1 Å². The first kappa shape index (κ1) is 19.8. The second-order valence-electron chi connectivity index (χ2n) is 6.59. The van der Waals surface area contributed by atoms with Crippen LogP contribution in [0, 0.1) is 6.92 Å². The summed E-state index contributed by atoms with van der Waals surface area (Å²) in [6.07, 6.45) is 2.21. The van der Waals surface area contributed by atoms with Crippen LogP contribution in [0.25, 0.3) is 11.0 Å². The van der Waals surface area contributed by atoms with Crippen molar-refractivity contribution in [3.8, 4) is 0 Å². The molecule has 10 heteroatoms. The first-order chi connectivity index (χ1) is 13.1. The number of fused-ring (bicyclic) bond motifs is 1. The van der Waals surface area contributed by atoms with E-state index in [4.69, 9.17) is 5.14 Å². The minimum atomic E-state index is -3.72. The molecule has 28 heavy (non-hydrogen) atoms. The molecule has 0 saturated carbocycles. The van der Waals surface area contributed by atoms with Gasteiger partial charge in [0.2, 0.25) is 10.0 Å². The van der Waals surface area contributed by atoms with Crippen LogP contribution in [0.3, 0.4) is 0 Å². The molecule has 3 rings (SSSR count). The summed E-state index contributed by atoms with van der Waals surface area (Å²) in [6.45, 7) is 2.33. The van der Waals surface area contributed by atoms with Crippen LogP contribution in [0.15, 0.2) is 44.9 Å². The van der Waals surface area contributed by atoms with E-state index >= 15 is 0 Å². The fourth-order valence-corrected chi connectivity index (χ4v) is 3.54. The van der Waals surface area contributed by atoms with Gasteiger partial charge in [0.25, 0.3) is 5.56 Å². The number of hydrogen-bond donors (Lipinski definition) is 2. The summed E-state index contributed by atoms with van der Waals surface area (Å²) >= 11 is 0. The van der Waals surface area contributed by atoms with Crippen LogP contribution in [0.1, 0.15) is 11.1 Å². The van der Waals surface area contributed by atoms with Gasteiger partial charge in [-0.3, -0.25) is 13.9 Å². The quantitative estimate of drug-likeness (QED) is 0.628. The van der Waals surface area contributed by atoms with Gasteiger partial charge in [0, 0.05) is 26.8 Å². The number of pyridine rings is 1. The van der Waals surface area contributed by atoms with Crippen molar-refractivity contribution >= 4 is 26.7 Å². The topological polar surface area (TPSA) is 129 Å². The van der Waals surface area contributed by atoms with Crippen LogP contribution in [0.5, 0.6) is 0 Å². The molecule has 0 fully saturated rings. The minimum Gasteiger partial charge on any atom is -0.384 e. The lowest BCUT2D eigenvalue weighted by Crippen LogP contribution is -2.37. The number of sulfonamides is 1. The van der Waals surface area contributed by atoms with Crippen LogP contribution in [0.4, 0.5) is 5.69 Å².